The number of benzene rings is 1. The van der Waals surface area contributed by atoms with Crippen LogP contribution >= 0.6 is 0 Å². The Bertz CT molecular complexity index is 621. The van der Waals surface area contributed by atoms with E-state index in [1.807, 2.05) is 0 Å². The smallest absolute Gasteiger partial charge is 0.335 e. The summed E-state index contributed by atoms with van der Waals surface area (Å²) < 4.78 is 11.3. The molecule has 2 aliphatic heterocycles. The zero-order chi connectivity index (χ0) is 16.4. The Morgan fingerprint density at radius 2 is 2.04 bits per heavy atom. The van der Waals surface area contributed by atoms with Crippen molar-refractivity contribution in [2.75, 3.05) is 19.8 Å². The predicted molar refractivity (Wildman–Crippen MR) is 82.7 cm³/mol. The van der Waals surface area contributed by atoms with E-state index in [9.17, 15) is 9.59 Å². The van der Waals surface area contributed by atoms with Crippen LogP contribution in [0, 0.1) is 6.92 Å². The van der Waals surface area contributed by atoms with Crippen molar-refractivity contribution in [3.8, 4) is 0 Å². The Kier molecular flexibility index (Phi) is 4.37. The van der Waals surface area contributed by atoms with E-state index < -0.39 is 5.97 Å². The van der Waals surface area contributed by atoms with Crippen molar-refractivity contribution in [1.29, 1.82) is 0 Å². The van der Waals surface area contributed by atoms with Crippen molar-refractivity contribution in [1.82, 2.24) is 5.32 Å². The van der Waals surface area contributed by atoms with Gasteiger partial charge in [0.1, 0.15) is 0 Å². The molecule has 2 N–H and O–H groups in total. The molecule has 2 saturated heterocycles. The lowest BCUT2D eigenvalue weighted by Gasteiger charge is -2.37. The van der Waals surface area contributed by atoms with Crippen molar-refractivity contribution >= 4 is 11.9 Å². The summed E-state index contributed by atoms with van der Waals surface area (Å²) in [7, 11) is 0. The number of aromatic carboxylic acids is 1. The number of carboxylic acids is 1. The molecule has 0 radical (unpaired) electrons. The van der Waals surface area contributed by atoms with Crippen LogP contribution in [0.1, 0.15) is 45.5 Å². The van der Waals surface area contributed by atoms with Crippen LogP contribution in [0.5, 0.6) is 0 Å². The zero-order valence-electron chi connectivity index (χ0n) is 13.1. The first-order valence-corrected chi connectivity index (χ1v) is 7.85. The summed E-state index contributed by atoms with van der Waals surface area (Å²) in [4.78, 5) is 23.6. The van der Waals surface area contributed by atoms with Gasteiger partial charge in [0.05, 0.1) is 17.8 Å². The first-order valence-electron chi connectivity index (χ1n) is 7.85. The monoisotopic (exact) mass is 319 g/mol. The predicted octanol–water partition coefficient (Wildman–Crippen LogP) is 1.76. The van der Waals surface area contributed by atoms with Gasteiger partial charge in [-0.25, -0.2) is 4.79 Å². The van der Waals surface area contributed by atoms with Crippen LogP contribution in [0.3, 0.4) is 0 Å². The third kappa shape index (κ3) is 3.54. The lowest BCUT2D eigenvalue weighted by atomic mass is 9.89. The molecule has 0 aliphatic carbocycles. The molecule has 1 aromatic carbocycles. The molecule has 2 aliphatic rings. The molecule has 0 bridgehead atoms. The SMILES string of the molecule is Cc1cc(C(=O)O)cc(C(=O)NC2CCOC3(CCOC3)C2)c1. The largest absolute Gasteiger partial charge is 0.478 e. The van der Waals surface area contributed by atoms with Gasteiger partial charge in [-0.3, -0.25) is 4.79 Å². The third-order valence-corrected chi connectivity index (χ3v) is 4.48. The molecule has 6 heteroatoms. The number of rotatable bonds is 3. The molecule has 2 atom stereocenters. The van der Waals surface area contributed by atoms with Crippen molar-refractivity contribution in [2.45, 2.75) is 37.8 Å². The molecular formula is C17H21NO5. The van der Waals surface area contributed by atoms with Gasteiger partial charge < -0.3 is 19.9 Å². The van der Waals surface area contributed by atoms with Gasteiger partial charge in [0.2, 0.25) is 0 Å². The Morgan fingerprint density at radius 3 is 2.74 bits per heavy atom. The van der Waals surface area contributed by atoms with Crippen LogP contribution in [0.2, 0.25) is 0 Å². The summed E-state index contributed by atoms with van der Waals surface area (Å²) in [6.07, 6.45) is 2.34. The van der Waals surface area contributed by atoms with Crippen molar-refractivity contribution in [3.05, 3.63) is 34.9 Å². The van der Waals surface area contributed by atoms with E-state index in [0.29, 0.717) is 25.4 Å². The Morgan fingerprint density at radius 1 is 1.26 bits per heavy atom. The fourth-order valence-corrected chi connectivity index (χ4v) is 3.32. The van der Waals surface area contributed by atoms with Gasteiger partial charge in [0.25, 0.3) is 5.91 Å². The molecule has 6 nitrogen and oxygen atoms in total. The van der Waals surface area contributed by atoms with Crippen LogP contribution in [0.15, 0.2) is 18.2 Å². The molecule has 0 aromatic heterocycles. The first-order chi connectivity index (χ1) is 11.0. The summed E-state index contributed by atoms with van der Waals surface area (Å²) in [6.45, 7) is 3.65. The minimum atomic E-state index is -1.03. The van der Waals surface area contributed by atoms with Gasteiger partial charge in [-0.2, -0.15) is 0 Å². The van der Waals surface area contributed by atoms with E-state index >= 15 is 0 Å². The van der Waals surface area contributed by atoms with Crippen molar-refractivity contribution in [2.24, 2.45) is 0 Å². The number of hydrogen-bond donors (Lipinski definition) is 2. The van der Waals surface area contributed by atoms with Crippen molar-refractivity contribution in [3.63, 3.8) is 0 Å². The first kappa shape index (κ1) is 16.0. The number of aryl methyl sites for hydroxylation is 1. The summed E-state index contributed by atoms with van der Waals surface area (Å²) in [5, 5.41) is 12.1. The molecule has 1 amide bonds. The Hall–Kier alpha value is -1.92. The highest BCUT2D eigenvalue weighted by atomic mass is 16.6. The van der Waals surface area contributed by atoms with Gasteiger partial charge >= 0.3 is 5.97 Å². The van der Waals surface area contributed by atoms with E-state index in [-0.39, 0.29) is 23.1 Å². The fourth-order valence-electron chi connectivity index (χ4n) is 3.32. The summed E-state index contributed by atoms with van der Waals surface area (Å²) in [5.74, 6) is -1.27. The molecule has 23 heavy (non-hydrogen) atoms. The Balaban J connectivity index is 1.70. The van der Waals surface area contributed by atoms with Crippen LogP contribution in [0.25, 0.3) is 0 Å². The average molecular weight is 319 g/mol. The highest BCUT2D eigenvalue weighted by Crippen LogP contribution is 2.32. The number of carbonyl (C=O) groups excluding carboxylic acids is 1. The minimum Gasteiger partial charge on any atom is -0.478 e. The number of amides is 1. The van der Waals surface area contributed by atoms with E-state index in [4.69, 9.17) is 14.6 Å². The van der Waals surface area contributed by atoms with Crippen LogP contribution in [-0.4, -0.2) is 48.4 Å². The van der Waals surface area contributed by atoms with Crippen LogP contribution in [0.4, 0.5) is 0 Å². The molecule has 1 aromatic rings. The van der Waals surface area contributed by atoms with Crippen LogP contribution in [-0.2, 0) is 9.47 Å². The summed E-state index contributed by atoms with van der Waals surface area (Å²) >= 11 is 0. The van der Waals surface area contributed by atoms with Gasteiger partial charge in [-0.15, -0.1) is 0 Å². The average Bonchev–Trinajstić information content (AvgIpc) is 2.94. The number of carbonyl (C=O) groups is 2. The second-order valence-electron chi connectivity index (χ2n) is 6.39. The third-order valence-electron chi connectivity index (χ3n) is 4.48. The van der Waals surface area contributed by atoms with Gasteiger partial charge in [0.15, 0.2) is 0 Å². The molecule has 3 rings (SSSR count). The molecule has 1 spiro atoms. The Labute approximate surface area is 134 Å². The standard InChI is InChI=1S/C17H21NO5/c1-11-6-12(8-13(7-11)16(20)21)15(19)18-14-2-4-23-17(9-14)3-5-22-10-17/h6-8,14H,2-5,9-10H2,1H3,(H,18,19)(H,20,21). The highest BCUT2D eigenvalue weighted by molar-refractivity contribution is 5.98. The fraction of sp³-hybridized carbons (Fsp3) is 0.529. The van der Waals surface area contributed by atoms with E-state index in [1.54, 1.807) is 19.1 Å². The zero-order valence-corrected chi connectivity index (χ0v) is 13.1. The number of hydrogen-bond acceptors (Lipinski definition) is 4. The number of ether oxygens (including phenoxy) is 2. The maximum atomic E-state index is 12.5. The second-order valence-corrected chi connectivity index (χ2v) is 6.39. The number of nitrogens with one attached hydrogen (secondary N) is 1. The van der Waals surface area contributed by atoms with Gasteiger partial charge in [-0.05, 0) is 43.5 Å². The minimum absolute atomic E-state index is 0.0201. The normalized spacial score (nSPS) is 27.1. The van der Waals surface area contributed by atoms with Crippen molar-refractivity contribution < 1.29 is 24.2 Å². The molecule has 124 valence electrons. The molecule has 0 saturated carbocycles. The summed E-state index contributed by atoms with van der Waals surface area (Å²) in [5.41, 5.74) is 0.991. The maximum Gasteiger partial charge on any atom is 0.335 e. The van der Waals surface area contributed by atoms with Gasteiger partial charge in [-0.1, -0.05) is 0 Å². The molecule has 2 heterocycles. The molecular weight excluding hydrogens is 298 g/mol. The molecule has 2 unspecified atom stereocenters. The topological polar surface area (TPSA) is 84.9 Å². The lowest BCUT2D eigenvalue weighted by molar-refractivity contribution is -0.0881. The summed E-state index contributed by atoms with van der Waals surface area (Å²) in [6, 6.07) is 4.69. The van der Waals surface area contributed by atoms with Crippen LogP contribution < -0.4 is 5.32 Å². The van der Waals surface area contributed by atoms with E-state index in [2.05, 4.69) is 5.32 Å². The van der Waals surface area contributed by atoms with E-state index in [1.165, 1.54) is 6.07 Å². The van der Waals surface area contributed by atoms with Gasteiger partial charge in [0, 0.05) is 31.2 Å². The highest BCUT2D eigenvalue weighted by Gasteiger charge is 2.41. The lowest BCUT2D eigenvalue weighted by Crippen LogP contribution is -2.49. The molecule has 2 fully saturated rings. The van der Waals surface area contributed by atoms with E-state index in [0.717, 1.165) is 24.8 Å². The quantitative estimate of drug-likeness (QED) is 0.887. The number of carboxylic acid groups (broad SMARTS) is 1. The second kappa shape index (κ2) is 6.29. The maximum absolute atomic E-state index is 12.5.